The molecule has 0 radical (unpaired) electrons. The lowest BCUT2D eigenvalue weighted by molar-refractivity contribution is -0.137. The molecule has 0 aromatic rings. The molecular weight excluding hydrogens is 164 g/mol. The normalized spacial score (nSPS) is 29.5. The number of hydrogen-bond acceptors (Lipinski definition) is 1. The number of aliphatic carboxylic acids is 1. The maximum atomic E-state index is 10.5. The van der Waals surface area contributed by atoms with Crippen molar-refractivity contribution in [2.24, 2.45) is 17.3 Å². The highest BCUT2D eigenvalue weighted by Gasteiger charge is 2.56. The Bertz CT molecular complexity index is 247. The fourth-order valence-electron chi connectivity index (χ4n) is 2.05. The van der Waals surface area contributed by atoms with Gasteiger partial charge >= 0.3 is 5.97 Å². The summed E-state index contributed by atoms with van der Waals surface area (Å²) in [6.45, 7) is 8.41. The van der Waals surface area contributed by atoms with Crippen LogP contribution in [0.4, 0.5) is 0 Å². The molecule has 2 atom stereocenters. The van der Waals surface area contributed by atoms with E-state index in [1.54, 1.807) is 0 Å². The second-order valence-corrected chi connectivity index (χ2v) is 4.80. The van der Waals surface area contributed by atoms with E-state index in [2.05, 4.69) is 33.8 Å². The number of rotatable bonds is 3. The third kappa shape index (κ3) is 2.11. The summed E-state index contributed by atoms with van der Waals surface area (Å²) in [5, 5.41) is 8.69. The van der Waals surface area contributed by atoms with Crippen LogP contribution < -0.4 is 0 Å². The Morgan fingerprint density at radius 1 is 1.46 bits per heavy atom. The van der Waals surface area contributed by atoms with Gasteiger partial charge in [0.2, 0.25) is 0 Å². The zero-order valence-corrected chi connectivity index (χ0v) is 8.79. The highest BCUT2D eigenvalue weighted by atomic mass is 16.4. The first-order valence-corrected chi connectivity index (χ1v) is 4.72. The van der Waals surface area contributed by atoms with E-state index in [1.165, 1.54) is 5.57 Å². The molecule has 0 aromatic heterocycles. The van der Waals surface area contributed by atoms with Gasteiger partial charge in [0.25, 0.3) is 0 Å². The number of carbonyl (C=O) groups is 1. The number of allylic oxidation sites excluding steroid dienone is 2. The largest absolute Gasteiger partial charge is 0.481 e. The van der Waals surface area contributed by atoms with Crippen LogP contribution >= 0.6 is 0 Å². The Morgan fingerprint density at radius 3 is 2.38 bits per heavy atom. The van der Waals surface area contributed by atoms with Gasteiger partial charge in [-0.3, -0.25) is 4.79 Å². The lowest BCUT2D eigenvalue weighted by Gasteiger charge is -1.98. The molecule has 13 heavy (non-hydrogen) atoms. The topological polar surface area (TPSA) is 37.3 Å². The van der Waals surface area contributed by atoms with Gasteiger partial charge in [0.1, 0.15) is 0 Å². The lowest BCUT2D eigenvalue weighted by Crippen LogP contribution is -1.99. The van der Waals surface area contributed by atoms with E-state index >= 15 is 0 Å². The molecule has 74 valence electrons. The summed E-state index contributed by atoms with van der Waals surface area (Å²) < 4.78 is 0. The van der Waals surface area contributed by atoms with Crippen molar-refractivity contribution in [3.8, 4) is 0 Å². The predicted molar refractivity (Wildman–Crippen MR) is 52.4 cm³/mol. The minimum atomic E-state index is -0.678. The summed E-state index contributed by atoms with van der Waals surface area (Å²) in [7, 11) is 0. The van der Waals surface area contributed by atoms with Gasteiger partial charge in [-0.15, -0.1) is 0 Å². The molecule has 0 unspecified atom stereocenters. The van der Waals surface area contributed by atoms with Gasteiger partial charge in [0.05, 0.1) is 0 Å². The average Bonchev–Trinajstić information content (AvgIpc) is 2.36. The molecule has 0 aliphatic heterocycles. The average molecular weight is 182 g/mol. The van der Waals surface area contributed by atoms with Gasteiger partial charge in [-0.1, -0.05) is 25.5 Å². The van der Waals surface area contributed by atoms with Crippen molar-refractivity contribution in [3.63, 3.8) is 0 Å². The van der Waals surface area contributed by atoms with Crippen molar-refractivity contribution < 1.29 is 9.90 Å². The van der Waals surface area contributed by atoms with Crippen LogP contribution in [0.15, 0.2) is 11.6 Å². The number of hydrogen-bond donors (Lipinski definition) is 1. The van der Waals surface area contributed by atoms with Gasteiger partial charge in [-0.2, -0.15) is 0 Å². The molecule has 0 aromatic carbocycles. The van der Waals surface area contributed by atoms with Crippen molar-refractivity contribution in [1.82, 2.24) is 0 Å². The highest BCUT2D eigenvalue weighted by molar-refractivity contribution is 5.68. The molecule has 1 saturated carbocycles. The maximum absolute atomic E-state index is 10.5. The standard InChI is InChI=1S/C11H18O2/c1-7(2)5-8-9(6-10(12)13)11(8,3)4/h5,8-9H,6H2,1-4H3,(H,12,13)/t8-,9-/m0/s1. The van der Waals surface area contributed by atoms with E-state index in [1.807, 2.05) is 0 Å². The second-order valence-electron chi connectivity index (χ2n) is 4.80. The zero-order valence-electron chi connectivity index (χ0n) is 8.79. The summed E-state index contributed by atoms with van der Waals surface area (Å²) in [5.74, 6) is 0.122. The summed E-state index contributed by atoms with van der Waals surface area (Å²) in [4.78, 5) is 10.5. The third-order valence-corrected chi connectivity index (χ3v) is 3.05. The van der Waals surface area contributed by atoms with Crippen LogP contribution in [0.5, 0.6) is 0 Å². The van der Waals surface area contributed by atoms with Crippen molar-refractivity contribution in [2.75, 3.05) is 0 Å². The van der Waals surface area contributed by atoms with Crippen molar-refractivity contribution >= 4 is 5.97 Å². The Kier molecular flexibility index (Phi) is 2.51. The first kappa shape index (κ1) is 10.3. The Balaban J connectivity index is 2.61. The van der Waals surface area contributed by atoms with E-state index in [-0.39, 0.29) is 5.41 Å². The highest BCUT2D eigenvalue weighted by Crippen LogP contribution is 2.60. The molecule has 1 aliphatic carbocycles. The fourth-order valence-corrected chi connectivity index (χ4v) is 2.05. The molecular formula is C11H18O2. The van der Waals surface area contributed by atoms with Gasteiger partial charge < -0.3 is 5.11 Å². The molecule has 2 nitrogen and oxygen atoms in total. The smallest absolute Gasteiger partial charge is 0.303 e. The van der Waals surface area contributed by atoms with Gasteiger partial charge in [0, 0.05) is 6.42 Å². The lowest BCUT2D eigenvalue weighted by atomic mass is 10.1. The summed E-state index contributed by atoms with van der Waals surface area (Å²) in [6, 6.07) is 0. The molecule has 2 heteroatoms. The zero-order chi connectivity index (χ0) is 10.2. The van der Waals surface area contributed by atoms with Crippen LogP contribution in [0.25, 0.3) is 0 Å². The Labute approximate surface area is 79.6 Å². The molecule has 1 fully saturated rings. The molecule has 0 heterocycles. The van der Waals surface area contributed by atoms with Crippen LogP contribution in [-0.4, -0.2) is 11.1 Å². The van der Waals surface area contributed by atoms with Crippen LogP contribution in [0, 0.1) is 17.3 Å². The van der Waals surface area contributed by atoms with E-state index in [4.69, 9.17) is 5.11 Å². The van der Waals surface area contributed by atoms with E-state index < -0.39 is 5.97 Å². The predicted octanol–water partition coefficient (Wildman–Crippen LogP) is 2.70. The van der Waals surface area contributed by atoms with Crippen LogP contribution in [-0.2, 0) is 4.79 Å². The Hall–Kier alpha value is -0.790. The van der Waals surface area contributed by atoms with Crippen molar-refractivity contribution in [2.45, 2.75) is 34.1 Å². The van der Waals surface area contributed by atoms with Crippen LogP contribution in [0.2, 0.25) is 0 Å². The van der Waals surface area contributed by atoms with Crippen molar-refractivity contribution in [1.29, 1.82) is 0 Å². The van der Waals surface area contributed by atoms with E-state index in [9.17, 15) is 4.79 Å². The molecule has 1 N–H and O–H groups in total. The monoisotopic (exact) mass is 182 g/mol. The molecule has 0 bridgehead atoms. The molecule has 1 aliphatic rings. The van der Waals surface area contributed by atoms with Crippen LogP contribution in [0.1, 0.15) is 34.1 Å². The molecule has 0 spiro atoms. The fraction of sp³-hybridized carbons (Fsp3) is 0.727. The second kappa shape index (κ2) is 3.17. The molecule has 0 saturated heterocycles. The molecule has 0 amide bonds. The third-order valence-electron chi connectivity index (χ3n) is 3.05. The Morgan fingerprint density at radius 2 is 2.00 bits per heavy atom. The quantitative estimate of drug-likeness (QED) is 0.681. The first-order valence-electron chi connectivity index (χ1n) is 4.72. The minimum Gasteiger partial charge on any atom is -0.481 e. The van der Waals surface area contributed by atoms with Gasteiger partial charge in [0.15, 0.2) is 0 Å². The maximum Gasteiger partial charge on any atom is 0.303 e. The van der Waals surface area contributed by atoms with E-state index in [0.717, 1.165) is 0 Å². The van der Waals surface area contributed by atoms with Crippen LogP contribution in [0.3, 0.4) is 0 Å². The summed E-state index contributed by atoms with van der Waals surface area (Å²) >= 11 is 0. The molecule has 1 rings (SSSR count). The van der Waals surface area contributed by atoms with Gasteiger partial charge in [-0.05, 0) is 31.1 Å². The number of carboxylic acids is 1. The summed E-state index contributed by atoms with van der Waals surface area (Å²) in [6.07, 6.45) is 2.51. The minimum absolute atomic E-state index is 0.190. The first-order chi connectivity index (χ1) is 5.85. The number of carboxylic acid groups (broad SMARTS) is 1. The van der Waals surface area contributed by atoms with Gasteiger partial charge in [-0.25, -0.2) is 0 Å². The SMILES string of the molecule is CC(C)=C[C@H]1[C@H](CC(=O)O)C1(C)C. The summed E-state index contributed by atoms with van der Waals surface area (Å²) in [5.41, 5.74) is 1.47. The van der Waals surface area contributed by atoms with E-state index in [0.29, 0.717) is 18.3 Å². The van der Waals surface area contributed by atoms with Crippen molar-refractivity contribution in [3.05, 3.63) is 11.6 Å².